The molecular formula is C7H16N3Rb. The van der Waals surface area contributed by atoms with Gasteiger partial charge in [0.15, 0.2) is 0 Å². The Labute approximate surface area is 118 Å². The molecule has 0 aliphatic rings. The molecule has 0 aliphatic carbocycles. The summed E-state index contributed by atoms with van der Waals surface area (Å²) in [7, 11) is 0. The molecule has 60 valence electrons. The molecule has 0 spiro atoms. The van der Waals surface area contributed by atoms with Gasteiger partial charge in [-0.25, -0.2) is 0 Å². The second-order valence-electron chi connectivity index (χ2n) is 3.31. The van der Waals surface area contributed by atoms with Crippen molar-refractivity contribution in [3.05, 3.63) is 5.32 Å². The maximum atomic E-state index is 6.95. The van der Waals surface area contributed by atoms with Gasteiger partial charge in [0, 0.05) is 11.5 Å². The first kappa shape index (κ1) is 14.6. The Balaban J connectivity index is 0. The molecule has 0 rings (SSSR count). The van der Waals surface area contributed by atoms with Crippen LogP contribution in [0, 0.1) is 11.3 Å². The van der Waals surface area contributed by atoms with Gasteiger partial charge in [0.1, 0.15) is 0 Å². The average molecular weight is 228 g/mol. The average Bonchev–Trinajstić information content (AvgIpc) is 1.60. The van der Waals surface area contributed by atoms with E-state index in [1.165, 1.54) is 0 Å². The van der Waals surface area contributed by atoms with Crippen molar-refractivity contribution in [1.82, 2.24) is 0 Å². The fourth-order valence-electron chi connectivity index (χ4n) is 0.440. The summed E-state index contributed by atoms with van der Waals surface area (Å²) in [6.07, 6.45) is 0. The number of hydrogen-bond acceptors (Lipinski definition) is 1. The van der Waals surface area contributed by atoms with Gasteiger partial charge in [0.05, 0.1) is 0 Å². The SMILES string of the molecule is CC(C)C(C)(C)[N-]C(=N)N.[Rb+]. The Morgan fingerprint density at radius 3 is 1.91 bits per heavy atom. The summed E-state index contributed by atoms with van der Waals surface area (Å²) < 4.78 is 0. The van der Waals surface area contributed by atoms with Crippen LogP contribution in [0.3, 0.4) is 0 Å². The zero-order chi connectivity index (χ0) is 8.36. The molecule has 3 nitrogen and oxygen atoms in total. The Morgan fingerprint density at radius 1 is 1.45 bits per heavy atom. The largest absolute Gasteiger partial charge is 1.00 e. The quantitative estimate of drug-likeness (QED) is 0.447. The van der Waals surface area contributed by atoms with Crippen LogP contribution in [0.25, 0.3) is 5.32 Å². The van der Waals surface area contributed by atoms with E-state index >= 15 is 0 Å². The minimum Gasteiger partial charge on any atom is -0.454 e. The molecule has 0 aliphatic heterocycles. The number of hydrogen-bond donors (Lipinski definition) is 2. The first-order valence-corrected chi connectivity index (χ1v) is 3.43. The van der Waals surface area contributed by atoms with E-state index < -0.39 is 0 Å². The van der Waals surface area contributed by atoms with Gasteiger partial charge in [-0.3, -0.25) is 0 Å². The predicted octanol–water partition coefficient (Wildman–Crippen LogP) is -1.31. The molecule has 11 heavy (non-hydrogen) atoms. The first-order valence-electron chi connectivity index (χ1n) is 3.43. The van der Waals surface area contributed by atoms with Crippen LogP contribution in [0.5, 0.6) is 0 Å². The summed E-state index contributed by atoms with van der Waals surface area (Å²) in [6, 6.07) is 0. The predicted molar refractivity (Wildman–Crippen MR) is 44.2 cm³/mol. The van der Waals surface area contributed by atoms with Crippen LogP contribution in [0.2, 0.25) is 0 Å². The summed E-state index contributed by atoms with van der Waals surface area (Å²) in [4.78, 5) is 0. The first-order chi connectivity index (χ1) is 4.36. The van der Waals surface area contributed by atoms with E-state index in [0.29, 0.717) is 5.92 Å². The molecule has 0 unspecified atom stereocenters. The maximum Gasteiger partial charge on any atom is 1.00 e. The minimum atomic E-state index is -0.203. The number of nitrogens with two attached hydrogens (primary N) is 1. The van der Waals surface area contributed by atoms with E-state index in [1.54, 1.807) is 0 Å². The number of nitrogens with zero attached hydrogens (tertiary/aromatic N) is 1. The number of guanidine groups is 1. The molecule has 0 aromatic carbocycles. The molecule has 0 radical (unpaired) electrons. The van der Waals surface area contributed by atoms with E-state index in [1.807, 2.05) is 13.8 Å². The smallest absolute Gasteiger partial charge is 0.454 e. The Hall–Kier alpha value is 1.08. The zero-order valence-corrected chi connectivity index (χ0v) is 13.0. The van der Waals surface area contributed by atoms with E-state index in [9.17, 15) is 0 Å². The van der Waals surface area contributed by atoms with Gasteiger partial charge in [-0.15, -0.1) is 0 Å². The van der Waals surface area contributed by atoms with Crippen molar-refractivity contribution < 1.29 is 58.2 Å². The van der Waals surface area contributed by atoms with Crippen LogP contribution in [0.4, 0.5) is 0 Å². The number of nitrogens with one attached hydrogen (secondary N) is 1. The van der Waals surface area contributed by atoms with Crippen molar-refractivity contribution in [2.75, 3.05) is 0 Å². The van der Waals surface area contributed by atoms with Crippen molar-refractivity contribution in [2.45, 2.75) is 33.2 Å². The van der Waals surface area contributed by atoms with Crippen LogP contribution in [0.15, 0.2) is 0 Å². The van der Waals surface area contributed by atoms with E-state index in [2.05, 4.69) is 19.2 Å². The molecule has 0 fully saturated rings. The zero-order valence-electron chi connectivity index (χ0n) is 8.10. The normalized spacial score (nSPS) is 10.6. The standard InChI is InChI=1S/C7H16N3.Rb/c1-5(2)7(3,4)10-6(8)9;/h5H,1-4H3,(H3-,8,9,10);/q-1;+1. The Kier molecular flexibility index (Phi) is 7.53. The third kappa shape index (κ3) is 6.26. The van der Waals surface area contributed by atoms with Crippen molar-refractivity contribution >= 4 is 5.96 Å². The van der Waals surface area contributed by atoms with E-state index in [-0.39, 0.29) is 69.7 Å². The third-order valence-electron chi connectivity index (χ3n) is 1.82. The van der Waals surface area contributed by atoms with Crippen LogP contribution in [0.1, 0.15) is 27.7 Å². The summed E-state index contributed by atoms with van der Waals surface area (Å²) in [6.45, 7) is 8.07. The summed E-state index contributed by atoms with van der Waals surface area (Å²) in [5, 5.41) is 10.9. The van der Waals surface area contributed by atoms with E-state index in [4.69, 9.17) is 11.1 Å². The monoisotopic (exact) mass is 227 g/mol. The van der Waals surface area contributed by atoms with Crippen LogP contribution >= 0.6 is 0 Å². The third-order valence-corrected chi connectivity index (χ3v) is 1.82. The molecule has 0 saturated carbocycles. The van der Waals surface area contributed by atoms with Crippen molar-refractivity contribution in [2.24, 2.45) is 11.7 Å². The molecule has 0 bridgehead atoms. The summed E-state index contributed by atoms with van der Waals surface area (Å²) >= 11 is 0. The van der Waals surface area contributed by atoms with Gasteiger partial charge in [-0.05, 0) is 5.92 Å². The van der Waals surface area contributed by atoms with Crippen molar-refractivity contribution in [1.29, 1.82) is 5.41 Å². The molecule has 3 N–H and O–H groups in total. The van der Waals surface area contributed by atoms with Crippen LogP contribution in [-0.4, -0.2) is 11.5 Å². The topological polar surface area (TPSA) is 64.0 Å². The Morgan fingerprint density at radius 2 is 1.82 bits per heavy atom. The second-order valence-corrected chi connectivity index (χ2v) is 3.31. The molecule has 0 atom stereocenters. The van der Waals surface area contributed by atoms with Crippen LogP contribution in [-0.2, 0) is 0 Å². The van der Waals surface area contributed by atoms with Gasteiger partial charge in [0.25, 0.3) is 0 Å². The van der Waals surface area contributed by atoms with Crippen molar-refractivity contribution in [3.63, 3.8) is 0 Å². The van der Waals surface area contributed by atoms with Gasteiger partial charge in [-0.2, -0.15) is 0 Å². The summed E-state index contributed by atoms with van der Waals surface area (Å²) in [5.41, 5.74) is 4.93. The molecule has 0 saturated heterocycles. The molecule has 0 heterocycles. The second kappa shape index (κ2) is 5.67. The molecule has 0 aromatic rings. The molecule has 0 amide bonds. The fourth-order valence-corrected chi connectivity index (χ4v) is 0.440. The molecule has 0 aromatic heterocycles. The Bertz CT molecular complexity index is 132. The van der Waals surface area contributed by atoms with Gasteiger partial charge in [-0.1, -0.05) is 27.7 Å². The van der Waals surface area contributed by atoms with Gasteiger partial charge in [0.2, 0.25) is 0 Å². The molecule has 4 heteroatoms. The van der Waals surface area contributed by atoms with Crippen LogP contribution < -0.4 is 63.9 Å². The van der Waals surface area contributed by atoms with Gasteiger partial charge >= 0.3 is 58.2 Å². The number of rotatable bonds is 2. The van der Waals surface area contributed by atoms with Gasteiger partial charge < -0.3 is 16.5 Å². The fraction of sp³-hybridized carbons (Fsp3) is 0.857. The van der Waals surface area contributed by atoms with Crippen molar-refractivity contribution in [3.8, 4) is 0 Å². The van der Waals surface area contributed by atoms with E-state index in [0.717, 1.165) is 0 Å². The molecular weight excluding hydrogens is 212 g/mol. The minimum absolute atomic E-state index is 0. The summed E-state index contributed by atoms with van der Waals surface area (Å²) in [5.74, 6) is 0.329. The maximum absolute atomic E-state index is 6.95.